The van der Waals surface area contributed by atoms with Gasteiger partial charge >= 0.3 is 0 Å². The number of hydrogen-bond acceptors (Lipinski definition) is 6. The zero-order valence-electron chi connectivity index (χ0n) is 15.1. The molecule has 1 fully saturated rings. The van der Waals surface area contributed by atoms with Crippen LogP contribution >= 0.6 is 24.8 Å². The molecule has 0 saturated carbocycles. The van der Waals surface area contributed by atoms with Crippen LogP contribution in [0.5, 0.6) is 5.75 Å². The van der Waals surface area contributed by atoms with Crippen molar-refractivity contribution < 1.29 is 9.47 Å². The highest BCUT2D eigenvalue weighted by Gasteiger charge is 2.11. The molecule has 0 unspecified atom stereocenters. The van der Waals surface area contributed by atoms with Crippen LogP contribution in [0, 0.1) is 6.92 Å². The van der Waals surface area contributed by atoms with Gasteiger partial charge in [0.1, 0.15) is 5.75 Å². The molecule has 0 atom stereocenters. The van der Waals surface area contributed by atoms with Gasteiger partial charge in [-0.1, -0.05) is 12.1 Å². The van der Waals surface area contributed by atoms with Crippen molar-refractivity contribution in [3.05, 3.63) is 35.9 Å². The SMILES string of the molecule is COc1ccccc1-c1cc(C)c(NCCN2CCOCC2)nn1.Cl.Cl. The number of morpholine rings is 1. The summed E-state index contributed by atoms with van der Waals surface area (Å²) in [7, 11) is 1.67. The van der Waals surface area contributed by atoms with Crippen LogP contribution in [0.3, 0.4) is 0 Å². The first kappa shape index (κ1) is 22.4. The van der Waals surface area contributed by atoms with E-state index in [4.69, 9.17) is 9.47 Å². The molecule has 0 bridgehead atoms. The highest BCUT2D eigenvalue weighted by molar-refractivity contribution is 5.85. The molecule has 1 saturated heterocycles. The summed E-state index contributed by atoms with van der Waals surface area (Å²) in [4.78, 5) is 2.39. The summed E-state index contributed by atoms with van der Waals surface area (Å²) in [6, 6.07) is 9.89. The van der Waals surface area contributed by atoms with E-state index in [0.29, 0.717) is 0 Å². The number of para-hydroxylation sites is 1. The Kier molecular flexibility index (Phi) is 9.65. The summed E-state index contributed by atoms with van der Waals surface area (Å²) in [6.07, 6.45) is 0. The van der Waals surface area contributed by atoms with Gasteiger partial charge in [0, 0.05) is 31.7 Å². The number of aryl methyl sites for hydroxylation is 1. The zero-order valence-corrected chi connectivity index (χ0v) is 16.7. The Morgan fingerprint density at radius 2 is 1.88 bits per heavy atom. The molecule has 0 amide bonds. The van der Waals surface area contributed by atoms with Crippen molar-refractivity contribution in [2.24, 2.45) is 0 Å². The highest BCUT2D eigenvalue weighted by atomic mass is 35.5. The van der Waals surface area contributed by atoms with Crippen LogP contribution < -0.4 is 10.1 Å². The predicted octanol–water partition coefficient (Wildman–Crippen LogP) is 3.05. The average Bonchev–Trinajstić information content (AvgIpc) is 2.64. The lowest BCUT2D eigenvalue weighted by molar-refractivity contribution is 0.0398. The Balaban J connectivity index is 0.00000169. The average molecular weight is 401 g/mol. The Hall–Kier alpha value is -1.60. The van der Waals surface area contributed by atoms with E-state index in [1.165, 1.54) is 0 Å². The fourth-order valence-corrected chi connectivity index (χ4v) is 2.80. The molecule has 26 heavy (non-hydrogen) atoms. The number of aromatic nitrogens is 2. The maximum Gasteiger partial charge on any atom is 0.151 e. The number of methoxy groups -OCH3 is 1. The van der Waals surface area contributed by atoms with Crippen LogP contribution in [-0.4, -0.2) is 61.6 Å². The van der Waals surface area contributed by atoms with Crippen molar-refractivity contribution in [1.29, 1.82) is 0 Å². The summed E-state index contributed by atoms with van der Waals surface area (Å²) in [5.74, 6) is 1.64. The fourth-order valence-electron chi connectivity index (χ4n) is 2.80. The second-order valence-electron chi connectivity index (χ2n) is 5.84. The summed E-state index contributed by atoms with van der Waals surface area (Å²) in [5.41, 5.74) is 2.85. The lowest BCUT2D eigenvalue weighted by atomic mass is 10.1. The molecule has 8 heteroatoms. The number of benzene rings is 1. The van der Waals surface area contributed by atoms with Crippen LogP contribution in [0.1, 0.15) is 5.56 Å². The lowest BCUT2D eigenvalue weighted by Gasteiger charge is -2.26. The van der Waals surface area contributed by atoms with Crippen LogP contribution in [0.25, 0.3) is 11.3 Å². The third-order valence-electron chi connectivity index (χ3n) is 4.19. The molecule has 0 aliphatic carbocycles. The maximum absolute atomic E-state index is 5.40. The summed E-state index contributed by atoms with van der Waals surface area (Å²) >= 11 is 0. The normalized spacial score (nSPS) is 14.1. The Bertz CT molecular complexity index is 682. The second kappa shape index (κ2) is 11.2. The number of nitrogens with one attached hydrogen (secondary N) is 1. The minimum Gasteiger partial charge on any atom is -0.496 e. The van der Waals surface area contributed by atoms with Gasteiger partial charge in [-0.15, -0.1) is 35.0 Å². The van der Waals surface area contributed by atoms with Gasteiger partial charge in [-0.2, -0.15) is 0 Å². The van der Waals surface area contributed by atoms with E-state index < -0.39 is 0 Å². The molecule has 1 aromatic carbocycles. The van der Waals surface area contributed by atoms with Crippen LogP contribution in [-0.2, 0) is 4.74 Å². The van der Waals surface area contributed by atoms with E-state index in [9.17, 15) is 0 Å². The minimum atomic E-state index is 0. The molecule has 0 spiro atoms. The standard InChI is InChI=1S/C18H24N4O2.2ClH/c1-14-13-16(15-5-3-4-6-17(15)23-2)20-21-18(14)19-7-8-22-9-11-24-12-10-22;;/h3-6,13H,7-12H2,1-2H3,(H,19,21);2*1H. The topological polar surface area (TPSA) is 59.5 Å². The summed E-state index contributed by atoms with van der Waals surface area (Å²) < 4.78 is 10.8. The van der Waals surface area contributed by atoms with Gasteiger partial charge in [0.05, 0.1) is 26.0 Å². The van der Waals surface area contributed by atoms with Crippen molar-refractivity contribution in [1.82, 2.24) is 15.1 Å². The molecular formula is C18H26Cl2N4O2. The van der Waals surface area contributed by atoms with Gasteiger partial charge < -0.3 is 14.8 Å². The van der Waals surface area contributed by atoms with Gasteiger partial charge in [-0.3, -0.25) is 4.90 Å². The lowest BCUT2D eigenvalue weighted by Crippen LogP contribution is -2.39. The monoisotopic (exact) mass is 400 g/mol. The van der Waals surface area contributed by atoms with E-state index in [1.807, 2.05) is 37.3 Å². The Labute approximate surface area is 167 Å². The molecule has 3 rings (SSSR count). The van der Waals surface area contributed by atoms with E-state index >= 15 is 0 Å². The minimum absolute atomic E-state index is 0. The van der Waals surface area contributed by atoms with E-state index in [0.717, 1.165) is 67.8 Å². The predicted molar refractivity (Wildman–Crippen MR) is 109 cm³/mol. The summed E-state index contributed by atoms with van der Waals surface area (Å²) in [6.45, 7) is 7.53. The highest BCUT2D eigenvalue weighted by Crippen LogP contribution is 2.29. The number of nitrogens with zero attached hydrogens (tertiary/aromatic N) is 3. The largest absolute Gasteiger partial charge is 0.496 e. The number of halogens is 2. The number of ether oxygens (including phenoxy) is 2. The Morgan fingerprint density at radius 3 is 2.58 bits per heavy atom. The van der Waals surface area contributed by atoms with Gasteiger partial charge in [0.15, 0.2) is 5.82 Å². The molecule has 0 radical (unpaired) electrons. The molecule has 1 aromatic heterocycles. The second-order valence-corrected chi connectivity index (χ2v) is 5.84. The molecule has 6 nitrogen and oxygen atoms in total. The zero-order chi connectivity index (χ0) is 16.8. The molecule has 1 aliphatic rings. The molecule has 2 heterocycles. The molecule has 1 N–H and O–H groups in total. The number of rotatable bonds is 6. The third kappa shape index (κ3) is 5.71. The molecule has 1 aliphatic heterocycles. The van der Waals surface area contributed by atoms with Crippen molar-refractivity contribution in [2.75, 3.05) is 51.8 Å². The quantitative estimate of drug-likeness (QED) is 0.803. The Morgan fingerprint density at radius 1 is 1.15 bits per heavy atom. The number of anilines is 1. The first-order valence-electron chi connectivity index (χ1n) is 8.29. The fraction of sp³-hybridized carbons (Fsp3) is 0.444. The van der Waals surface area contributed by atoms with Crippen molar-refractivity contribution >= 4 is 30.6 Å². The van der Waals surface area contributed by atoms with E-state index in [-0.39, 0.29) is 24.8 Å². The first-order chi connectivity index (χ1) is 11.8. The van der Waals surface area contributed by atoms with Crippen LogP contribution in [0.2, 0.25) is 0 Å². The van der Waals surface area contributed by atoms with Gasteiger partial charge in [-0.25, -0.2) is 0 Å². The van der Waals surface area contributed by atoms with Crippen molar-refractivity contribution in [3.63, 3.8) is 0 Å². The van der Waals surface area contributed by atoms with Crippen molar-refractivity contribution in [3.8, 4) is 17.0 Å². The number of hydrogen-bond donors (Lipinski definition) is 1. The van der Waals surface area contributed by atoms with Gasteiger partial charge in [0.2, 0.25) is 0 Å². The van der Waals surface area contributed by atoms with Crippen LogP contribution in [0.4, 0.5) is 5.82 Å². The molecule has 2 aromatic rings. The van der Waals surface area contributed by atoms with Crippen LogP contribution in [0.15, 0.2) is 30.3 Å². The smallest absolute Gasteiger partial charge is 0.151 e. The van der Waals surface area contributed by atoms with E-state index in [1.54, 1.807) is 7.11 Å². The third-order valence-corrected chi connectivity index (χ3v) is 4.19. The van der Waals surface area contributed by atoms with Gasteiger partial charge in [-0.05, 0) is 30.7 Å². The summed E-state index contributed by atoms with van der Waals surface area (Å²) in [5, 5.41) is 12.1. The van der Waals surface area contributed by atoms with Crippen molar-refractivity contribution in [2.45, 2.75) is 6.92 Å². The molecule has 144 valence electrons. The van der Waals surface area contributed by atoms with E-state index in [2.05, 4.69) is 20.4 Å². The molecular weight excluding hydrogens is 375 g/mol. The van der Waals surface area contributed by atoms with Gasteiger partial charge in [0.25, 0.3) is 0 Å². The first-order valence-corrected chi connectivity index (χ1v) is 8.29. The maximum atomic E-state index is 5.40.